The molecule has 220 valence electrons. The number of nitrogens with zero attached hydrogens (tertiary/aromatic N) is 3. The highest BCUT2D eigenvalue weighted by Gasteiger charge is 2.36. The minimum Gasteiger partial charge on any atom is -0.465 e. The number of hydrogen-bond donors (Lipinski definition) is 0. The van der Waals surface area contributed by atoms with Crippen LogP contribution in [-0.2, 0) is 39.9 Å². The largest absolute Gasteiger partial charge is 0.465 e. The van der Waals surface area contributed by atoms with Crippen LogP contribution in [0.3, 0.4) is 0 Å². The molecule has 1 heterocycles. The number of carbonyl (C=O) groups is 5. The van der Waals surface area contributed by atoms with Gasteiger partial charge in [0.05, 0.1) is 25.3 Å². The standard InChI is InChI=1S/C29H41N3O8/c1-5-38-25(35)19-31-14-12-30(13-15-32(17-16-31)20-26(36)40-29(2,3)4)18-21-6-8-22(9-7-21)28(37)39-27-23(33)10-11-24(27)34/h6-9,27H,5,10-20H2,1-4H3. The third-order valence-electron chi connectivity index (χ3n) is 6.65. The molecule has 40 heavy (non-hydrogen) atoms. The maximum atomic E-state index is 12.5. The fourth-order valence-electron chi connectivity index (χ4n) is 4.60. The zero-order valence-corrected chi connectivity index (χ0v) is 24.0. The average molecular weight is 560 g/mol. The van der Waals surface area contributed by atoms with Crippen LogP contribution in [0.5, 0.6) is 0 Å². The Morgan fingerprint density at radius 2 is 1.30 bits per heavy atom. The van der Waals surface area contributed by atoms with Gasteiger partial charge in [-0.15, -0.1) is 0 Å². The molecule has 11 nitrogen and oxygen atoms in total. The number of rotatable bonds is 9. The molecule has 1 aromatic rings. The summed E-state index contributed by atoms with van der Waals surface area (Å²) in [5.74, 6) is -1.99. The van der Waals surface area contributed by atoms with E-state index in [0.29, 0.717) is 52.4 Å². The summed E-state index contributed by atoms with van der Waals surface area (Å²) < 4.78 is 15.8. The van der Waals surface area contributed by atoms with Gasteiger partial charge in [0.1, 0.15) is 5.60 Å². The molecule has 0 radical (unpaired) electrons. The van der Waals surface area contributed by atoms with E-state index < -0.39 is 17.7 Å². The minimum atomic E-state index is -1.29. The summed E-state index contributed by atoms with van der Waals surface area (Å²) >= 11 is 0. The van der Waals surface area contributed by atoms with E-state index in [1.165, 1.54) is 0 Å². The van der Waals surface area contributed by atoms with Crippen molar-refractivity contribution in [2.24, 2.45) is 0 Å². The predicted octanol–water partition coefficient (Wildman–Crippen LogP) is 1.47. The van der Waals surface area contributed by atoms with Gasteiger partial charge in [-0.2, -0.15) is 0 Å². The van der Waals surface area contributed by atoms with E-state index in [9.17, 15) is 24.0 Å². The molecule has 0 amide bonds. The van der Waals surface area contributed by atoms with Gasteiger partial charge in [-0.05, 0) is 45.4 Å². The highest BCUT2D eigenvalue weighted by atomic mass is 16.6. The van der Waals surface area contributed by atoms with Crippen molar-refractivity contribution in [3.63, 3.8) is 0 Å². The lowest BCUT2D eigenvalue weighted by Gasteiger charge is -2.27. The maximum Gasteiger partial charge on any atom is 0.339 e. The number of carbonyl (C=O) groups excluding carboxylic acids is 5. The summed E-state index contributed by atoms with van der Waals surface area (Å²) in [6.45, 7) is 12.4. The molecule has 1 saturated heterocycles. The van der Waals surface area contributed by atoms with Crippen LogP contribution in [-0.4, -0.2) is 115 Å². The summed E-state index contributed by atoms with van der Waals surface area (Å²) in [4.78, 5) is 67.1. The van der Waals surface area contributed by atoms with Crippen molar-refractivity contribution in [2.75, 3.05) is 59.0 Å². The van der Waals surface area contributed by atoms with E-state index in [-0.39, 0.29) is 55.0 Å². The zero-order valence-electron chi connectivity index (χ0n) is 24.0. The molecule has 1 aromatic carbocycles. The monoisotopic (exact) mass is 559 g/mol. The summed E-state index contributed by atoms with van der Waals surface area (Å²) in [5.41, 5.74) is 0.656. The fraction of sp³-hybridized carbons (Fsp3) is 0.621. The first-order valence-corrected chi connectivity index (χ1v) is 13.8. The first-order valence-electron chi connectivity index (χ1n) is 13.8. The zero-order chi connectivity index (χ0) is 29.3. The normalized spacial score (nSPS) is 18.6. The summed E-state index contributed by atoms with van der Waals surface area (Å²) in [6, 6.07) is 6.88. The third-order valence-corrected chi connectivity index (χ3v) is 6.65. The summed E-state index contributed by atoms with van der Waals surface area (Å²) in [7, 11) is 0. The Kier molecular flexibility index (Phi) is 11.4. The van der Waals surface area contributed by atoms with Gasteiger partial charge in [-0.3, -0.25) is 33.9 Å². The van der Waals surface area contributed by atoms with Crippen LogP contribution < -0.4 is 0 Å². The molecule has 2 aliphatic rings. The van der Waals surface area contributed by atoms with Crippen molar-refractivity contribution in [1.82, 2.24) is 14.7 Å². The molecule has 0 N–H and O–H groups in total. The highest BCUT2D eigenvalue weighted by molar-refractivity contribution is 6.13. The Labute approximate surface area is 235 Å². The average Bonchev–Trinajstić information content (AvgIpc) is 3.22. The fourth-order valence-corrected chi connectivity index (χ4v) is 4.60. The lowest BCUT2D eigenvalue weighted by Crippen LogP contribution is -2.41. The van der Waals surface area contributed by atoms with Gasteiger partial charge in [-0.25, -0.2) is 4.79 Å². The van der Waals surface area contributed by atoms with Crippen molar-refractivity contribution in [3.8, 4) is 0 Å². The van der Waals surface area contributed by atoms with Crippen LogP contribution in [0.25, 0.3) is 0 Å². The lowest BCUT2D eigenvalue weighted by atomic mass is 10.1. The van der Waals surface area contributed by atoms with Crippen LogP contribution >= 0.6 is 0 Å². The van der Waals surface area contributed by atoms with Crippen molar-refractivity contribution >= 4 is 29.5 Å². The van der Waals surface area contributed by atoms with Gasteiger partial charge in [0, 0.05) is 58.7 Å². The second-order valence-corrected chi connectivity index (χ2v) is 11.1. The number of hydrogen-bond acceptors (Lipinski definition) is 11. The van der Waals surface area contributed by atoms with Crippen LogP contribution in [0, 0.1) is 0 Å². The first kappa shape index (κ1) is 31.4. The van der Waals surface area contributed by atoms with Gasteiger partial charge < -0.3 is 14.2 Å². The van der Waals surface area contributed by atoms with Crippen LogP contribution in [0.4, 0.5) is 0 Å². The van der Waals surface area contributed by atoms with Crippen LogP contribution in [0.15, 0.2) is 24.3 Å². The van der Waals surface area contributed by atoms with Crippen molar-refractivity contribution in [1.29, 1.82) is 0 Å². The second-order valence-electron chi connectivity index (χ2n) is 11.1. The van der Waals surface area contributed by atoms with Crippen LogP contribution in [0.1, 0.15) is 56.5 Å². The third kappa shape index (κ3) is 10.1. The van der Waals surface area contributed by atoms with E-state index >= 15 is 0 Å². The van der Waals surface area contributed by atoms with E-state index in [2.05, 4.69) is 4.90 Å². The second kappa shape index (κ2) is 14.5. The number of ketones is 2. The molecule has 0 bridgehead atoms. The van der Waals surface area contributed by atoms with Crippen molar-refractivity contribution < 1.29 is 38.2 Å². The van der Waals surface area contributed by atoms with Crippen molar-refractivity contribution in [3.05, 3.63) is 35.4 Å². The molecule has 0 atom stereocenters. The van der Waals surface area contributed by atoms with E-state index in [4.69, 9.17) is 14.2 Å². The number of Topliss-reactive ketones (excluding diaryl/α,β-unsaturated/α-hetero) is 2. The van der Waals surface area contributed by atoms with Gasteiger partial charge in [-0.1, -0.05) is 12.1 Å². The molecule has 1 aliphatic carbocycles. The molecule has 2 fully saturated rings. The number of benzene rings is 1. The molecule has 1 aliphatic heterocycles. The van der Waals surface area contributed by atoms with Gasteiger partial charge >= 0.3 is 17.9 Å². The molecular formula is C29H41N3O8. The Balaban J connectivity index is 1.64. The molecule has 0 spiro atoms. The van der Waals surface area contributed by atoms with E-state index in [1.807, 2.05) is 42.7 Å². The topological polar surface area (TPSA) is 123 Å². The summed E-state index contributed by atoms with van der Waals surface area (Å²) in [6.07, 6.45) is -1.08. The number of esters is 3. The van der Waals surface area contributed by atoms with E-state index in [0.717, 1.165) is 5.56 Å². The Bertz CT molecular complexity index is 1050. The molecule has 11 heteroatoms. The van der Waals surface area contributed by atoms with Gasteiger partial charge in [0.25, 0.3) is 0 Å². The molecule has 1 saturated carbocycles. The van der Waals surface area contributed by atoms with Gasteiger partial charge in [0.2, 0.25) is 6.10 Å². The molecular weight excluding hydrogens is 518 g/mol. The number of ether oxygens (including phenoxy) is 3. The minimum absolute atomic E-state index is 0.109. The summed E-state index contributed by atoms with van der Waals surface area (Å²) in [5, 5.41) is 0. The molecule has 0 unspecified atom stereocenters. The smallest absolute Gasteiger partial charge is 0.339 e. The first-order chi connectivity index (χ1) is 18.9. The SMILES string of the molecule is CCOC(=O)CN1CCN(CC(=O)OC(C)(C)C)CCN(Cc2ccc(C(=O)OC3C(=O)CCC3=O)cc2)CC1. The Morgan fingerprint density at radius 1 is 0.800 bits per heavy atom. The molecule has 0 aromatic heterocycles. The highest BCUT2D eigenvalue weighted by Crippen LogP contribution is 2.17. The van der Waals surface area contributed by atoms with Crippen molar-refractivity contribution in [2.45, 2.75) is 58.8 Å². The maximum absolute atomic E-state index is 12.5. The lowest BCUT2D eigenvalue weighted by molar-refractivity contribution is -0.156. The van der Waals surface area contributed by atoms with Gasteiger partial charge in [0.15, 0.2) is 11.6 Å². The quantitative estimate of drug-likeness (QED) is 0.248. The van der Waals surface area contributed by atoms with E-state index in [1.54, 1.807) is 19.1 Å². The molecule has 3 rings (SSSR count). The Hall–Kier alpha value is -3.15. The Morgan fingerprint density at radius 3 is 1.80 bits per heavy atom. The predicted molar refractivity (Wildman–Crippen MR) is 146 cm³/mol. The van der Waals surface area contributed by atoms with Crippen LogP contribution in [0.2, 0.25) is 0 Å².